The lowest BCUT2D eigenvalue weighted by molar-refractivity contribution is -0.140. The molecule has 17 heavy (non-hydrogen) atoms. The molecule has 1 rings (SSSR count). The van der Waals surface area contributed by atoms with Crippen molar-refractivity contribution in [3.05, 3.63) is 0 Å². The van der Waals surface area contributed by atoms with Crippen LogP contribution in [0.25, 0.3) is 0 Å². The summed E-state index contributed by atoms with van der Waals surface area (Å²) in [6.07, 6.45) is 1.75. The van der Waals surface area contributed by atoms with Gasteiger partial charge >= 0.3 is 5.97 Å². The first-order valence-electron chi connectivity index (χ1n) is 5.92. The number of hydrogen-bond acceptors (Lipinski definition) is 3. The maximum absolute atomic E-state index is 11.8. The standard InChI is InChI=1S/C12H21NO4/c1-12(2)8(9(12)11(15)16)10(14)13-6-4-5-7-17-3/h8-9H,4-7H2,1-3H3,(H,13,14)(H,15,16). The first-order valence-corrected chi connectivity index (χ1v) is 5.92. The Morgan fingerprint density at radius 3 is 2.41 bits per heavy atom. The number of methoxy groups -OCH3 is 1. The topological polar surface area (TPSA) is 75.6 Å². The van der Waals surface area contributed by atoms with E-state index in [9.17, 15) is 9.59 Å². The van der Waals surface area contributed by atoms with E-state index in [2.05, 4.69) is 5.32 Å². The Kier molecular flexibility index (Phi) is 4.51. The lowest BCUT2D eigenvalue weighted by Crippen LogP contribution is -2.28. The summed E-state index contributed by atoms with van der Waals surface area (Å²) in [6.45, 7) is 4.91. The van der Waals surface area contributed by atoms with Crippen molar-refractivity contribution in [3.8, 4) is 0 Å². The minimum absolute atomic E-state index is 0.139. The van der Waals surface area contributed by atoms with Gasteiger partial charge < -0.3 is 15.2 Å². The largest absolute Gasteiger partial charge is 0.481 e. The van der Waals surface area contributed by atoms with Gasteiger partial charge in [0.2, 0.25) is 5.91 Å². The van der Waals surface area contributed by atoms with Gasteiger partial charge in [0.15, 0.2) is 0 Å². The molecule has 0 aromatic heterocycles. The smallest absolute Gasteiger partial charge is 0.307 e. The summed E-state index contributed by atoms with van der Waals surface area (Å²) in [5.41, 5.74) is -0.414. The molecule has 98 valence electrons. The van der Waals surface area contributed by atoms with Crippen molar-refractivity contribution in [2.24, 2.45) is 17.3 Å². The monoisotopic (exact) mass is 243 g/mol. The van der Waals surface area contributed by atoms with Gasteiger partial charge in [-0.15, -0.1) is 0 Å². The molecule has 0 aromatic rings. The number of aliphatic carboxylic acids is 1. The van der Waals surface area contributed by atoms with E-state index in [1.807, 2.05) is 13.8 Å². The van der Waals surface area contributed by atoms with Crippen molar-refractivity contribution in [2.75, 3.05) is 20.3 Å². The SMILES string of the molecule is COCCCCNC(=O)C1C(C(=O)O)C1(C)C. The fourth-order valence-electron chi connectivity index (χ4n) is 2.28. The number of unbranched alkanes of at least 4 members (excludes halogenated alkanes) is 1. The number of nitrogens with one attached hydrogen (secondary N) is 1. The van der Waals surface area contributed by atoms with Gasteiger partial charge in [-0.05, 0) is 18.3 Å². The molecule has 0 aliphatic heterocycles. The summed E-state index contributed by atoms with van der Waals surface area (Å²) in [5, 5.41) is 11.7. The molecule has 5 heteroatoms. The quantitative estimate of drug-likeness (QED) is 0.651. The van der Waals surface area contributed by atoms with Crippen LogP contribution >= 0.6 is 0 Å². The molecule has 1 amide bonds. The molecule has 2 unspecified atom stereocenters. The highest BCUT2D eigenvalue weighted by Crippen LogP contribution is 2.58. The normalized spacial score (nSPS) is 25.4. The summed E-state index contributed by atoms with van der Waals surface area (Å²) in [5.74, 6) is -1.95. The maximum Gasteiger partial charge on any atom is 0.307 e. The third-order valence-corrected chi connectivity index (χ3v) is 3.45. The molecule has 0 aromatic carbocycles. The van der Waals surface area contributed by atoms with Gasteiger partial charge in [0.05, 0.1) is 11.8 Å². The number of rotatable bonds is 7. The van der Waals surface area contributed by atoms with Gasteiger partial charge in [-0.1, -0.05) is 13.8 Å². The van der Waals surface area contributed by atoms with Crippen LogP contribution in [0.1, 0.15) is 26.7 Å². The van der Waals surface area contributed by atoms with Crippen molar-refractivity contribution in [1.29, 1.82) is 0 Å². The molecule has 0 heterocycles. The summed E-state index contributed by atoms with van der Waals surface area (Å²) in [7, 11) is 1.64. The van der Waals surface area contributed by atoms with Crippen molar-refractivity contribution < 1.29 is 19.4 Å². The van der Waals surface area contributed by atoms with Gasteiger partial charge in [-0.2, -0.15) is 0 Å². The van der Waals surface area contributed by atoms with Crippen LogP contribution in [0.4, 0.5) is 0 Å². The van der Waals surface area contributed by atoms with Crippen molar-refractivity contribution >= 4 is 11.9 Å². The molecule has 1 saturated carbocycles. The van der Waals surface area contributed by atoms with Gasteiger partial charge in [-0.3, -0.25) is 9.59 Å². The van der Waals surface area contributed by atoms with E-state index in [1.165, 1.54) is 0 Å². The Labute approximate surface area is 102 Å². The number of carboxylic acid groups (broad SMARTS) is 1. The van der Waals surface area contributed by atoms with Crippen LogP contribution in [0.5, 0.6) is 0 Å². The summed E-state index contributed by atoms with van der Waals surface area (Å²) in [4.78, 5) is 22.7. The molecule has 0 radical (unpaired) electrons. The van der Waals surface area contributed by atoms with Crippen LogP contribution in [0, 0.1) is 17.3 Å². The summed E-state index contributed by atoms with van der Waals surface area (Å²) in [6, 6.07) is 0. The zero-order valence-electron chi connectivity index (χ0n) is 10.7. The number of carbonyl (C=O) groups is 2. The second-order valence-electron chi connectivity index (χ2n) is 5.11. The highest BCUT2D eigenvalue weighted by atomic mass is 16.5. The van der Waals surface area contributed by atoms with Crippen LogP contribution in [0.2, 0.25) is 0 Å². The van der Waals surface area contributed by atoms with E-state index >= 15 is 0 Å². The van der Waals surface area contributed by atoms with E-state index in [1.54, 1.807) is 7.11 Å². The minimum Gasteiger partial charge on any atom is -0.481 e. The zero-order valence-corrected chi connectivity index (χ0v) is 10.7. The molecule has 1 aliphatic carbocycles. The molecule has 0 bridgehead atoms. The van der Waals surface area contributed by atoms with Gasteiger partial charge in [0.25, 0.3) is 0 Å². The lowest BCUT2D eigenvalue weighted by Gasteiger charge is -2.05. The van der Waals surface area contributed by atoms with E-state index < -0.39 is 17.3 Å². The lowest BCUT2D eigenvalue weighted by atomic mass is 10.1. The average Bonchev–Trinajstić information content (AvgIpc) is 2.81. The highest BCUT2D eigenvalue weighted by Gasteiger charge is 2.65. The number of ether oxygens (including phenoxy) is 1. The maximum atomic E-state index is 11.8. The average molecular weight is 243 g/mol. The third-order valence-electron chi connectivity index (χ3n) is 3.45. The fourth-order valence-corrected chi connectivity index (χ4v) is 2.28. The predicted molar refractivity (Wildman–Crippen MR) is 62.5 cm³/mol. The van der Waals surface area contributed by atoms with Crippen LogP contribution in [-0.2, 0) is 14.3 Å². The Balaban J connectivity index is 2.28. The van der Waals surface area contributed by atoms with Crippen LogP contribution in [-0.4, -0.2) is 37.2 Å². The molecule has 1 fully saturated rings. The summed E-state index contributed by atoms with van der Waals surface area (Å²) < 4.78 is 4.90. The van der Waals surface area contributed by atoms with Gasteiger partial charge in [-0.25, -0.2) is 0 Å². The molecule has 2 atom stereocenters. The van der Waals surface area contributed by atoms with Crippen LogP contribution in [0.15, 0.2) is 0 Å². The molecule has 2 N–H and O–H groups in total. The zero-order chi connectivity index (χ0) is 13.1. The second-order valence-corrected chi connectivity index (χ2v) is 5.11. The van der Waals surface area contributed by atoms with E-state index in [-0.39, 0.29) is 11.8 Å². The van der Waals surface area contributed by atoms with Crippen LogP contribution in [0.3, 0.4) is 0 Å². The van der Waals surface area contributed by atoms with E-state index in [0.717, 1.165) is 12.8 Å². The van der Waals surface area contributed by atoms with E-state index in [4.69, 9.17) is 9.84 Å². The predicted octanol–water partition coefficient (Wildman–Crippen LogP) is 0.886. The molecule has 5 nitrogen and oxygen atoms in total. The Morgan fingerprint density at radius 2 is 1.94 bits per heavy atom. The van der Waals surface area contributed by atoms with Crippen molar-refractivity contribution in [2.45, 2.75) is 26.7 Å². The Bertz CT molecular complexity index is 301. The Morgan fingerprint density at radius 1 is 1.29 bits per heavy atom. The highest BCUT2D eigenvalue weighted by molar-refractivity contribution is 5.91. The Hall–Kier alpha value is -1.10. The number of hydrogen-bond donors (Lipinski definition) is 2. The molecule has 0 saturated heterocycles. The minimum atomic E-state index is -0.880. The second kappa shape index (κ2) is 5.49. The van der Waals surface area contributed by atoms with Crippen molar-refractivity contribution in [1.82, 2.24) is 5.32 Å². The number of amides is 1. The fraction of sp³-hybridized carbons (Fsp3) is 0.833. The molecular formula is C12H21NO4. The summed E-state index contributed by atoms with van der Waals surface area (Å²) >= 11 is 0. The van der Waals surface area contributed by atoms with Gasteiger partial charge in [0.1, 0.15) is 0 Å². The number of carbonyl (C=O) groups excluding carboxylic acids is 1. The molecule has 1 aliphatic rings. The first kappa shape index (κ1) is 14.0. The van der Waals surface area contributed by atoms with E-state index in [0.29, 0.717) is 13.2 Å². The molecular weight excluding hydrogens is 222 g/mol. The first-order chi connectivity index (χ1) is 7.92. The molecule has 0 spiro atoms. The van der Waals surface area contributed by atoms with Crippen molar-refractivity contribution in [3.63, 3.8) is 0 Å². The number of carboxylic acids is 1. The third kappa shape index (κ3) is 3.19. The van der Waals surface area contributed by atoms with Gasteiger partial charge in [0, 0.05) is 20.3 Å². The van der Waals surface area contributed by atoms with Crippen LogP contribution < -0.4 is 5.32 Å².